The van der Waals surface area contributed by atoms with Crippen LogP contribution < -0.4 is 22.2 Å². The van der Waals surface area contributed by atoms with Crippen LogP contribution >= 0.6 is 0 Å². The van der Waals surface area contributed by atoms with Gasteiger partial charge in [-0.3, -0.25) is 19.2 Å². The molecule has 6 rings (SSSR count). The van der Waals surface area contributed by atoms with Crippen molar-refractivity contribution in [3.63, 3.8) is 0 Å². The van der Waals surface area contributed by atoms with Crippen LogP contribution in [0.25, 0.3) is 43.7 Å². The maximum Gasteiger partial charge on any atom is 0.267 e. The Hall–Kier alpha value is -5.46. The molecule has 0 aliphatic carbocycles. The summed E-state index contributed by atoms with van der Waals surface area (Å²) in [5.74, 6) is 4.98. The van der Waals surface area contributed by atoms with Crippen LogP contribution in [-0.4, -0.2) is 9.13 Å². The molecule has 6 heteroatoms. The van der Waals surface area contributed by atoms with Crippen LogP contribution in [-0.2, 0) is 0 Å². The quantitative estimate of drug-likeness (QED) is 0.368. The van der Waals surface area contributed by atoms with E-state index < -0.39 is 22.2 Å². The van der Waals surface area contributed by atoms with Gasteiger partial charge in [-0.05, 0) is 47.2 Å². The summed E-state index contributed by atoms with van der Waals surface area (Å²) in [4.78, 5) is 54.8. The van der Waals surface area contributed by atoms with Gasteiger partial charge in [0.1, 0.15) is 0 Å². The third-order valence-corrected chi connectivity index (χ3v) is 6.43. The average molecular weight is 466 g/mol. The molecular formula is C30H14N2O4. The molecule has 2 heterocycles. The highest BCUT2D eigenvalue weighted by Crippen LogP contribution is 2.30. The minimum absolute atomic E-state index is 0.0841. The van der Waals surface area contributed by atoms with Gasteiger partial charge in [-0.1, -0.05) is 48.2 Å². The van der Waals surface area contributed by atoms with Crippen molar-refractivity contribution in [3.8, 4) is 36.1 Å². The Bertz CT molecular complexity index is 2050. The van der Waals surface area contributed by atoms with Gasteiger partial charge in [0.2, 0.25) is 0 Å². The van der Waals surface area contributed by atoms with Gasteiger partial charge < -0.3 is 0 Å². The predicted molar refractivity (Wildman–Crippen MR) is 141 cm³/mol. The average Bonchev–Trinajstić information content (AvgIpc) is 3.33. The normalized spacial score (nSPS) is 11.2. The number of nitrogens with zero attached hydrogens (tertiary/aromatic N) is 2. The zero-order chi connectivity index (χ0) is 25.1. The lowest BCUT2D eigenvalue weighted by atomic mass is 9.99. The minimum atomic E-state index is -0.688. The van der Waals surface area contributed by atoms with Gasteiger partial charge >= 0.3 is 0 Å². The molecule has 168 valence electrons. The van der Waals surface area contributed by atoms with Gasteiger partial charge in [-0.15, -0.1) is 12.8 Å². The molecule has 0 atom stereocenters. The van der Waals surface area contributed by atoms with Gasteiger partial charge in [0.15, 0.2) is 0 Å². The number of fused-ring (bicyclic) bond motifs is 6. The summed E-state index contributed by atoms with van der Waals surface area (Å²) in [5.41, 5.74) is -1.00. The largest absolute Gasteiger partial charge is 0.268 e. The predicted octanol–water partition coefficient (Wildman–Crippen LogP) is 3.01. The molecule has 0 spiro atoms. The molecule has 0 aliphatic rings. The molecule has 6 aromatic rings. The highest BCUT2D eigenvalue weighted by Gasteiger charge is 2.26. The van der Waals surface area contributed by atoms with Crippen LogP contribution in [0.5, 0.6) is 0 Å². The molecule has 0 amide bonds. The van der Waals surface area contributed by atoms with Crippen molar-refractivity contribution in [1.29, 1.82) is 0 Å². The first kappa shape index (κ1) is 21.1. The summed E-state index contributed by atoms with van der Waals surface area (Å²) in [6.07, 6.45) is 11.0. The van der Waals surface area contributed by atoms with Gasteiger partial charge in [-0.2, -0.15) is 0 Å². The molecule has 0 radical (unpaired) electrons. The number of aromatic nitrogens is 2. The lowest BCUT2D eigenvalue weighted by Gasteiger charge is -2.01. The van der Waals surface area contributed by atoms with Gasteiger partial charge in [-0.25, -0.2) is 9.13 Å². The van der Waals surface area contributed by atoms with E-state index in [9.17, 15) is 19.2 Å². The van der Waals surface area contributed by atoms with E-state index in [-0.39, 0.29) is 32.9 Å². The number of rotatable bonds is 2. The van der Waals surface area contributed by atoms with Crippen LogP contribution in [0.3, 0.4) is 0 Å². The van der Waals surface area contributed by atoms with Crippen molar-refractivity contribution >= 4 is 32.3 Å². The van der Waals surface area contributed by atoms with Crippen molar-refractivity contribution in [2.24, 2.45) is 0 Å². The third-order valence-electron chi connectivity index (χ3n) is 6.43. The molecule has 36 heavy (non-hydrogen) atoms. The van der Waals surface area contributed by atoms with Crippen molar-refractivity contribution in [2.75, 3.05) is 0 Å². The van der Waals surface area contributed by atoms with E-state index in [0.29, 0.717) is 21.9 Å². The maximum atomic E-state index is 13.8. The Kier molecular flexibility index (Phi) is 4.41. The first-order valence-electron chi connectivity index (χ1n) is 11.0. The second kappa shape index (κ2) is 7.53. The van der Waals surface area contributed by atoms with E-state index in [0.717, 1.165) is 9.13 Å². The maximum absolute atomic E-state index is 13.8. The molecule has 0 N–H and O–H groups in total. The smallest absolute Gasteiger partial charge is 0.267 e. The fraction of sp³-hybridized carbons (Fsp3) is 0. The van der Waals surface area contributed by atoms with Crippen LogP contribution in [0.15, 0.2) is 92.0 Å². The monoisotopic (exact) mass is 466 g/mol. The lowest BCUT2D eigenvalue weighted by molar-refractivity contribution is 0.987. The highest BCUT2D eigenvalue weighted by molar-refractivity contribution is 6.25. The van der Waals surface area contributed by atoms with E-state index in [1.165, 1.54) is 0 Å². The van der Waals surface area contributed by atoms with Crippen LogP contribution in [0.1, 0.15) is 11.1 Å². The number of hydrogen-bond acceptors (Lipinski definition) is 4. The zero-order valence-corrected chi connectivity index (χ0v) is 18.6. The molecule has 0 bridgehead atoms. The van der Waals surface area contributed by atoms with Crippen molar-refractivity contribution in [3.05, 3.63) is 125 Å². The first-order valence-corrected chi connectivity index (χ1v) is 11.0. The third kappa shape index (κ3) is 2.70. The van der Waals surface area contributed by atoms with E-state index in [1.807, 2.05) is 0 Å². The minimum Gasteiger partial charge on any atom is -0.268 e. The summed E-state index contributed by atoms with van der Waals surface area (Å²) in [5, 5.41) is 0.824. The molecule has 0 unspecified atom stereocenters. The van der Waals surface area contributed by atoms with E-state index in [4.69, 9.17) is 12.8 Å². The van der Waals surface area contributed by atoms with Crippen LogP contribution in [0.4, 0.5) is 0 Å². The van der Waals surface area contributed by atoms with Gasteiger partial charge in [0, 0.05) is 11.1 Å². The van der Waals surface area contributed by atoms with Crippen LogP contribution in [0.2, 0.25) is 0 Å². The van der Waals surface area contributed by atoms with E-state index >= 15 is 0 Å². The number of benzene rings is 4. The van der Waals surface area contributed by atoms with Gasteiger partial charge in [0.25, 0.3) is 22.2 Å². The van der Waals surface area contributed by atoms with E-state index in [2.05, 4.69) is 11.8 Å². The highest BCUT2D eigenvalue weighted by atomic mass is 16.2. The Morgan fingerprint density at radius 2 is 0.889 bits per heavy atom. The SMILES string of the molecule is C#Cc1cccc(-n2c(=O)c3c4ccccc4c4c(=O)n(-c5cccc(C#C)c5)c(=O)c4c3c2=O)c1. The zero-order valence-electron chi connectivity index (χ0n) is 18.6. The Morgan fingerprint density at radius 1 is 0.500 bits per heavy atom. The number of terminal acetylenes is 2. The van der Waals surface area contributed by atoms with Crippen molar-refractivity contribution in [2.45, 2.75) is 0 Å². The van der Waals surface area contributed by atoms with Gasteiger partial charge in [0.05, 0.1) is 32.9 Å². The van der Waals surface area contributed by atoms with E-state index in [1.54, 1.807) is 72.8 Å². The fourth-order valence-corrected chi connectivity index (χ4v) is 4.88. The molecule has 6 nitrogen and oxygen atoms in total. The topological polar surface area (TPSA) is 78.1 Å². The summed E-state index contributed by atoms with van der Waals surface area (Å²) in [6, 6.07) is 19.7. The molecule has 0 aliphatic heterocycles. The first-order chi connectivity index (χ1) is 17.5. The summed E-state index contributed by atoms with van der Waals surface area (Å²) in [6.45, 7) is 0. The molecular weight excluding hydrogens is 452 g/mol. The molecule has 0 saturated carbocycles. The Morgan fingerprint density at radius 3 is 1.28 bits per heavy atom. The Balaban J connectivity index is 1.88. The van der Waals surface area contributed by atoms with Crippen LogP contribution in [0, 0.1) is 24.7 Å². The second-order valence-corrected chi connectivity index (χ2v) is 8.33. The summed E-state index contributed by atoms with van der Waals surface area (Å²) in [7, 11) is 0. The van der Waals surface area contributed by atoms with Crippen molar-refractivity contribution in [1.82, 2.24) is 9.13 Å². The second-order valence-electron chi connectivity index (χ2n) is 8.33. The summed E-state index contributed by atoms with van der Waals surface area (Å²) >= 11 is 0. The fourth-order valence-electron chi connectivity index (χ4n) is 4.88. The molecule has 0 saturated heterocycles. The van der Waals surface area contributed by atoms with Crippen molar-refractivity contribution < 1.29 is 0 Å². The molecule has 4 aromatic carbocycles. The molecule has 0 fully saturated rings. The standard InChI is InChI=1S/C30H14N2O4/c1-3-17-9-7-11-19(15-17)31-27(33)23-21-13-5-6-14-22(21)24-26(25(23)29(31)35)30(36)32(28(24)34)20-12-8-10-18(4-2)16-20/h1-2,5-16H. The Labute approximate surface area is 203 Å². The molecule has 2 aromatic heterocycles. The lowest BCUT2D eigenvalue weighted by Crippen LogP contribution is -2.24. The summed E-state index contributed by atoms with van der Waals surface area (Å²) < 4.78 is 2.00. The number of hydrogen-bond donors (Lipinski definition) is 0.